The number of hydrogen-bond acceptors (Lipinski definition) is 20. The van der Waals surface area contributed by atoms with Crippen molar-refractivity contribution in [3.05, 3.63) is 119 Å². The number of carbonyl (C=O) groups is 2. The number of hydrogen-bond donors (Lipinski definition) is 11. The van der Waals surface area contributed by atoms with E-state index in [2.05, 4.69) is 48.3 Å². The van der Waals surface area contributed by atoms with Crippen molar-refractivity contribution in [3.63, 3.8) is 0 Å². The second-order valence-electron chi connectivity index (χ2n) is 20.5. The van der Waals surface area contributed by atoms with E-state index < -0.39 is 103 Å². The van der Waals surface area contributed by atoms with E-state index in [4.69, 9.17) is 33.9 Å². The number of aliphatic hydroxyl groups excluding tert-OH is 1. The maximum atomic E-state index is 13.5. The lowest BCUT2D eigenvalue weighted by Gasteiger charge is -2.30. The van der Waals surface area contributed by atoms with Crippen LogP contribution in [-0.2, 0) is 62.4 Å². The van der Waals surface area contributed by atoms with Crippen LogP contribution in [0.1, 0.15) is 69.4 Å². The van der Waals surface area contributed by atoms with E-state index in [0.717, 1.165) is 62.8 Å². The first-order valence-corrected chi connectivity index (χ1v) is 34.8. The summed E-state index contributed by atoms with van der Waals surface area (Å²) in [4.78, 5) is 79.0. The van der Waals surface area contributed by atoms with E-state index >= 15 is 0 Å². The maximum absolute atomic E-state index is 13.5. The Morgan fingerprint density at radius 2 is 1.65 bits per heavy atom. The van der Waals surface area contributed by atoms with Crippen LogP contribution in [0.3, 0.4) is 0 Å². The predicted molar refractivity (Wildman–Crippen MR) is 318 cm³/mol. The van der Waals surface area contributed by atoms with Crippen molar-refractivity contribution in [1.29, 1.82) is 0 Å². The largest absolute Gasteiger partial charge is 0.480 e. The first kappa shape index (κ1) is 67.3. The highest BCUT2D eigenvalue weighted by atomic mass is 32.2. The Labute approximate surface area is 504 Å². The van der Waals surface area contributed by atoms with Gasteiger partial charge in [0.25, 0.3) is 20.2 Å². The number of allylic oxidation sites excluding steroid dienone is 3. The van der Waals surface area contributed by atoms with Crippen LogP contribution in [0.4, 0.5) is 16.3 Å². The second kappa shape index (κ2) is 27.2. The molecule has 2 aromatic carbocycles. The van der Waals surface area contributed by atoms with Crippen LogP contribution in [0, 0.1) is 6.92 Å². The number of nitrogens with two attached hydrogens (primary N) is 1. The van der Waals surface area contributed by atoms with Gasteiger partial charge in [-0.25, -0.2) is 38.0 Å². The van der Waals surface area contributed by atoms with Gasteiger partial charge in [0.2, 0.25) is 11.3 Å². The average Bonchev–Trinajstić information content (AvgIpc) is 1.91. The first-order chi connectivity index (χ1) is 41.3. The summed E-state index contributed by atoms with van der Waals surface area (Å²) in [5.74, 6) is 0.116. The number of carbonyl (C=O) groups excluding carboxylic acids is 2. The lowest BCUT2D eigenvalue weighted by molar-refractivity contribution is -0.121. The number of anilines is 2. The van der Waals surface area contributed by atoms with E-state index in [-0.39, 0.29) is 62.3 Å². The van der Waals surface area contributed by atoms with Crippen molar-refractivity contribution in [2.45, 2.75) is 88.2 Å². The Kier molecular flexibility index (Phi) is 20.8. The smallest absolute Gasteiger partial charge is 0.456 e. The van der Waals surface area contributed by atoms with Crippen molar-refractivity contribution in [2.75, 3.05) is 55.7 Å². The van der Waals surface area contributed by atoms with Crippen molar-refractivity contribution in [2.24, 2.45) is 0 Å². The van der Waals surface area contributed by atoms with Crippen molar-refractivity contribution in [3.8, 4) is 22.6 Å². The summed E-state index contributed by atoms with van der Waals surface area (Å²) in [7, 11) is -26.0. The van der Waals surface area contributed by atoms with Gasteiger partial charge in [0.1, 0.15) is 48.7 Å². The zero-order valence-corrected chi connectivity index (χ0v) is 51.9. The number of alkyl carbamates (subject to hydrolysis) is 1. The average molecular weight is 1320 g/mol. The van der Waals surface area contributed by atoms with Gasteiger partial charge in [0.15, 0.2) is 23.8 Å². The molecule has 0 bridgehead atoms. The molecule has 1 saturated heterocycles. The number of ether oxygens (including phenoxy) is 2. The highest BCUT2D eigenvalue weighted by Gasteiger charge is 2.50. The third-order valence-electron chi connectivity index (χ3n) is 14.6. The van der Waals surface area contributed by atoms with Crippen molar-refractivity contribution >= 4 is 84.3 Å². The van der Waals surface area contributed by atoms with Crippen LogP contribution < -0.4 is 36.1 Å². The molecule has 12 N–H and O–H groups in total. The van der Waals surface area contributed by atoms with Gasteiger partial charge in [-0.15, -0.1) is 4.86 Å². The summed E-state index contributed by atoms with van der Waals surface area (Å²) in [5.41, 5.74) is 9.68. The molecule has 31 nitrogen and oxygen atoms in total. The van der Waals surface area contributed by atoms with Gasteiger partial charge >= 0.3 is 29.4 Å². The van der Waals surface area contributed by atoms with Crippen molar-refractivity contribution < 1.29 is 96.6 Å². The number of aromatic nitrogens is 4. The molecule has 1 aliphatic carbocycles. The van der Waals surface area contributed by atoms with Gasteiger partial charge < -0.3 is 59.8 Å². The SMILES string of the molecule is CC[N+](CC)=c1ccc2c(/C=C/C=C3\N(CCCS(=O)(=O)O)c4ccc(S(=O)(=O)O)cc4C3(C)CCCC(=O)NCCNC(=O)O[C@H]3[C@@H](O)[C@H](n4cnc5c(N)ncnc54)O[C@@H]3COP(=O)(O)OP(=O)(O)NP(=O)(O)O)c(C)c(-c3ccccc3)oc-2c1. The fraction of sp³-hybridized carbons (Fsp3) is 0.385. The van der Waals surface area contributed by atoms with Gasteiger partial charge in [-0.05, 0) is 88.4 Å². The lowest BCUT2D eigenvalue weighted by Crippen LogP contribution is -2.42. The number of fused-ring (bicyclic) bond motifs is 3. The molecule has 0 spiro atoms. The van der Waals surface area contributed by atoms with Gasteiger partial charge in [0.05, 0.1) is 29.6 Å². The van der Waals surface area contributed by atoms with Crippen LogP contribution in [-0.4, -0.2) is 146 Å². The molecule has 8 rings (SSSR count). The summed E-state index contributed by atoms with van der Waals surface area (Å²) in [6.07, 6.45) is -0.119. The molecule has 3 unspecified atom stereocenters. The van der Waals surface area contributed by atoms with Crippen LogP contribution in [0.25, 0.3) is 39.9 Å². The molecule has 88 heavy (non-hydrogen) atoms. The minimum absolute atomic E-state index is 0.0267. The second-order valence-corrected chi connectivity index (χ2v) is 28.3. The van der Waals surface area contributed by atoms with Crippen molar-refractivity contribution in [1.82, 2.24) is 39.6 Å². The molecule has 36 heteroatoms. The summed E-state index contributed by atoms with van der Waals surface area (Å²) < 4.78 is 135. The molecular weight excluding hydrogens is 1260 g/mol. The molecule has 4 aromatic rings. The number of benzene rings is 3. The molecular formula is C52H66N10O21P3S2+. The van der Waals surface area contributed by atoms with E-state index in [1.165, 1.54) is 18.2 Å². The van der Waals surface area contributed by atoms with Gasteiger partial charge in [0, 0.05) is 65.6 Å². The first-order valence-electron chi connectivity index (χ1n) is 27.1. The topological polar surface area (TPSA) is 457 Å². The molecule has 4 aliphatic rings. The van der Waals surface area contributed by atoms with Crippen LogP contribution in [0.15, 0.2) is 107 Å². The number of imidazole rings is 1. The molecule has 1 fully saturated rings. The van der Waals surface area contributed by atoms with Crippen LogP contribution in [0.5, 0.6) is 0 Å². The molecule has 476 valence electrons. The van der Waals surface area contributed by atoms with E-state index in [0.29, 0.717) is 28.5 Å². The van der Waals surface area contributed by atoms with Gasteiger partial charge in [-0.1, -0.05) is 42.5 Å². The molecule has 0 radical (unpaired) electrons. The van der Waals surface area contributed by atoms with E-state index in [1.807, 2.05) is 85.5 Å². The minimum atomic E-state index is -5.70. The number of phosphoric acid groups is 1. The Bertz CT molecular complexity index is 4080. The maximum Gasteiger partial charge on any atom is 0.480 e. The number of rotatable bonds is 26. The molecule has 2 amide bonds. The number of nitrogens with one attached hydrogen (secondary N) is 3. The fourth-order valence-corrected chi connectivity index (χ4v) is 15.0. The van der Waals surface area contributed by atoms with Crippen LogP contribution >= 0.6 is 23.3 Å². The van der Waals surface area contributed by atoms with Gasteiger partial charge in [-0.3, -0.25) is 23.0 Å². The summed E-state index contributed by atoms with van der Waals surface area (Å²) in [5, 5.41) is 17.5. The predicted octanol–water partition coefficient (Wildman–Crippen LogP) is 4.35. The quantitative estimate of drug-likeness (QED) is 0.0156. The third-order valence-corrected chi connectivity index (χ3v) is 20.5. The number of nitrogens with zero attached hydrogens (tertiary/aromatic N) is 6. The molecule has 5 heterocycles. The zero-order valence-electron chi connectivity index (χ0n) is 47.6. The monoisotopic (exact) mass is 1320 g/mol. The summed E-state index contributed by atoms with van der Waals surface area (Å²) in [6, 6.07) is 19.7. The Morgan fingerprint density at radius 1 is 0.932 bits per heavy atom. The van der Waals surface area contributed by atoms with E-state index in [9.17, 15) is 64.1 Å². The normalized spacial score (nSPS) is 20.8. The Balaban J connectivity index is 0.992. The number of nitrogen functional groups attached to an aromatic ring is 1. The number of phosphoric ester groups is 1. The number of aliphatic hydroxyl groups is 1. The fourth-order valence-electron chi connectivity index (χ4n) is 10.6. The molecule has 0 saturated carbocycles. The summed E-state index contributed by atoms with van der Waals surface area (Å²) >= 11 is 0. The highest BCUT2D eigenvalue weighted by molar-refractivity contribution is 7.86. The molecule has 7 atom stereocenters. The van der Waals surface area contributed by atoms with Gasteiger partial charge in [-0.2, -0.15) is 21.1 Å². The number of amides is 2. The molecule has 2 aromatic heterocycles. The Morgan fingerprint density at radius 3 is 2.33 bits per heavy atom. The van der Waals surface area contributed by atoms with E-state index in [1.54, 1.807) is 0 Å². The Hall–Kier alpha value is -6.61. The standard InChI is InChI=1S/C52H65N10O21P3S2/c1-5-60(6-2)34-18-20-37-36(32(3)46(80-40(37)27-34)33-13-8-7-9-14-33)15-10-16-42-52(4,38-28-35(88(76,77)78)19-21-39(38)61(42)25-12-26-87(73,74)75)22-11-17-43(63)54-23-24-55-51(65)82-47-41(29-79-86(71,72)83-85(69,70)59-84(66,67)68)81-50(45(47)64)62-31-58-44-48(53)56-30-57-49(44)62/h7-10,13-16,18-21,27-28,30-31,41,45,47,50,64H,5-6,11-12,17,22-26,29H2,1-4H3,(H10-,53,54,55,56,57,59,63,65,66,67,68,69,70,71,72,73,74,75,76,77,78)/p+1/t41-,45-,47-,50-,52?/m1/s1. The third kappa shape index (κ3) is 16.2. The summed E-state index contributed by atoms with van der Waals surface area (Å²) in [6.45, 7) is 7.85. The highest BCUT2D eigenvalue weighted by Crippen LogP contribution is 2.61. The van der Waals surface area contributed by atoms with Crippen LogP contribution in [0.2, 0.25) is 0 Å². The lowest BCUT2D eigenvalue weighted by atomic mass is 9.77. The minimum Gasteiger partial charge on any atom is -0.456 e. The zero-order chi connectivity index (χ0) is 64.1. The molecule has 3 aliphatic heterocycles.